The van der Waals surface area contributed by atoms with Crippen LogP contribution in [-0.4, -0.2) is 25.8 Å². The topological polar surface area (TPSA) is 113 Å². The van der Waals surface area contributed by atoms with Crippen molar-refractivity contribution < 1.29 is 14.3 Å². The Balaban J connectivity index is 1.80. The first kappa shape index (κ1) is 18.5. The molecule has 0 spiro atoms. The summed E-state index contributed by atoms with van der Waals surface area (Å²) in [6.07, 6.45) is 0.667. The van der Waals surface area contributed by atoms with Gasteiger partial charge in [0.1, 0.15) is 5.82 Å². The molecule has 2 aromatic heterocycles. The Hall–Kier alpha value is -3.88. The second-order valence-electron chi connectivity index (χ2n) is 6.44. The van der Waals surface area contributed by atoms with Crippen molar-refractivity contribution in [3.8, 4) is 5.88 Å². The van der Waals surface area contributed by atoms with Crippen LogP contribution < -0.4 is 5.56 Å². The van der Waals surface area contributed by atoms with Crippen molar-refractivity contribution in [2.24, 2.45) is 10.2 Å². The number of nitrogens with one attached hydrogen (secondary N) is 1. The van der Waals surface area contributed by atoms with Crippen LogP contribution in [-0.2, 0) is 6.54 Å². The van der Waals surface area contributed by atoms with E-state index in [1.165, 1.54) is 22.9 Å². The molecule has 0 saturated heterocycles. The highest BCUT2D eigenvalue weighted by Crippen LogP contribution is 2.35. The minimum absolute atomic E-state index is 0.0113. The molecule has 9 heteroatoms. The van der Waals surface area contributed by atoms with Crippen molar-refractivity contribution in [1.29, 1.82) is 0 Å². The summed E-state index contributed by atoms with van der Waals surface area (Å²) in [5.41, 5.74) is 0.0403. The maximum absolute atomic E-state index is 13.3. The first-order valence-electron chi connectivity index (χ1n) is 8.95. The summed E-state index contributed by atoms with van der Waals surface area (Å²) in [4.78, 5) is 27.8. The molecule has 0 saturated carbocycles. The number of rotatable bonds is 4. The zero-order chi connectivity index (χ0) is 20.5. The summed E-state index contributed by atoms with van der Waals surface area (Å²) >= 11 is 0. The first-order chi connectivity index (χ1) is 14.0. The van der Waals surface area contributed by atoms with Crippen LogP contribution in [0.5, 0.6) is 5.88 Å². The zero-order valence-corrected chi connectivity index (χ0v) is 15.4. The summed E-state index contributed by atoms with van der Waals surface area (Å²) in [6.45, 7) is 2.25. The Morgan fingerprint density at radius 1 is 1.21 bits per heavy atom. The molecule has 0 aliphatic carbocycles. The summed E-state index contributed by atoms with van der Waals surface area (Å²) < 4.78 is 14.6. The molecule has 2 N–H and O–H groups in total. The molecule has 0 fully saturated rings. The second kappa shape index (κ2) is 7.27. The fraction of sp³-hybridized carbons (Fsp3) is 0.150. The number of carbonyl (C=O) groups excluding carboxylic acids is 1. The Morgan fingerprint density at radius 2 is 1.97 bits per heavy atom. The lowest BCUT2D eigenvalue weighted by molar-refractivity contribution is 0.0989. The van der Waals surface area contributed by atoms with Gasteiger partial charge >= 0.3 is 5.91 Å². The number of amides is 1. The summed E-state index contributed by atoms with van der Waals surface area (Å²) in [7, 11) is 0. The molecule has 0 unspecified atom stereocenters. The van der Waals surface area contributed by atoms with Crippen molar-refractivity contribution in [1.82, 2.24) is 14.8 Å². The van der Waals surface area contributed by atoms with Crippen molar-refractivity contribution in [3.05, 3.63) is 64.3 Å². The molecule has 0 radical (unpaired) electrons. The number of hydrogen-bond donors (Lipinski definition) is 2. The van der Waals surface area contributed by atoms with Gasteiger partial charge in [-0.3, -0.25) is 9.59 Å². The van der Waals surface area contributed by atoms with Gasteiger partial charge in [-0.05, 0) is 30.7 Å². The maximum Gasteiger partial charge on any atom is 0.316 e. The molecule has 4 aromatic rings. The Bertz CT molecular complexity index is 1340. The normalized spacial score (nSPS) is 11.7. The Morgan fingerprint density at radius 3 is 2.72 bits per heavy atom. The van der Waals surface area contributed by atoms with E-state index in [1.807, 2.05) is 6.92 Å². The van der Waals surface area contributed by atoms with Gasteiger partial charge in [-0.2, -0.15) is 5.10 Å². The molecule has 2 aromatic carbocycles. The maximum atomic E-state index is 13.3. The number of aromatic hydroxyl groups is 1. The van der Waals surface area contributed by atoms with Crippen LogP contribution in [0.25, 0.3) is 21.7 Å². The zero-order valence-electron chi connectivity index (χ0n) is 15.4. The molecule has 0 aliphatic rings. The van der Waals surface area contributed by atoms with Crippen molar-refractivity contribution >= 4 is 33.3 Å². The van der Waals surface area contributed by atoms with E-state index in [0.29, 0.717) is 34.6 Å². The molecule has 146 valence electrons. The first-order valence-corrected chi connectivity index (χ1v) is 8.95. The van der Waals surface area contributed by atoms with E-state index in [-0.39, 0.29) is 22.8 Å². The highest BCUT2D eigenvalue weighted by atomic mass is 19.1. The largest absolute Gasteiger partial charge is 0.493 e. The van der Waals surface area contributed by atoms with E-state index in [9.17, 15) is 19.1 Å². The number of H-pyrrole nitrogens is 1. The van der Waals surface area contributed by atoms with Gasteiger partial charge in [-0.15, -0.1) is 10.2 Å². The van der Waals surface area contributed by atoms with Gasteiger partial charge in [0.05, 0.1) is 10.9 Å². The highest BCUT2D eigenvalue weighted by Gasteiger charge is 2.17. The lowest BCUT2D eigenvalue weighted by Crippen LogP contribution is -2.25. The van der Waals surface area contributed by atoms with Crippen LogP contribution >= 0.6 is 0 Å². The Kier molecular flexibility index (Phi) is 4.63. The van der Waals surface area contributed by atoms with Crippen LogP contribution in [0.2, 0.25) is 0 Å². The lowest BCUT2D eigenvalue weighted by atomic mass is 10.1. The third-order valence-corrected chi connectivity index (χ3v) is 4.46. The minimum Gasteiger partial charge on any atom is -0.493 e. The smallest absolute Gasteiger partial charge is 0.316 e. The average molecular weight is 393 g/mol. The SMILES string of the molecule is CCCn1nc(C(=O)N=Nc2c(O)[nH]c3cc(F)ccc23)c2ccccc2c1=O. The average Bonchev–Trinajstić information content (AvgIpc) is 3.02. The third-order valence-electron chi connectivity index (χ3n) is 4.46. The number of fused-ring (bicyclic) bond motifs is 2. The van der Waals surface area contributed by atoms with Crippen molar-refractivity contribution in [2.45, 2.75) is 19.9 Å². The van der Waals surface area contributed by atoms with Crippen LogP contribution in [0.3, 0.4) is 0 Å². The number of aromatic nitrogens is 3. The fourth-order valence-electron chi connectivity index (χ4n) is 3.14. The Labute approximate surface area is 163 Å². The molecule has 2 heterocycles. The van der Waals surface area contributed by atoms with Crippen molar-refractivity contribution in [3.63, 3.8) is 0 Å². The van der Waals surface area contributed by atoms with E-state index in [2.05, 4.69) is 20.3 Å². The van der Waals surface area contributed by atoms with Crippen LogP contribution in [0.4, 0.5) is 10.1 Å². The fourth-order valence-corrected chi connectivity index (χ4v) is 3.14. The molecule has 4 rings (SSSR count). The van der Waals surface area contributed by atoms with Crippen molar-refractivity contribution in [2.75, 3.05) is 0 Å². The van der Waals surface area contributed by atoms with Crippen LogP contribution in [0, 0.1) is 5.82 Å². The monoisotopic (exact) mass is 393 g/mol. The lowest BCUT2D eigenvalue weighted by Gasteiger charge is -2.07. The van der Waals surface area contributed by atoms with Gasteiger partial charge in [-0.25, -0.2) is 9.07 Å². The minimum atomic E-state index is -0.762. The summed E-state index contributed by atoms with van der Waals surface area (Å²) in [5, 5.41) is 22.9. The second-order valence-corrected chi connectivity index (χ2v) is 6.44. The summed E-state index contributed by atoms with van der Waals surface area (Å²) in [6, 6.07) is 10.5. The number of carbonyl (C=O) groups is 1. The number of nitrogens with zero attached hydrogens (tertiary/aromatic N) is 4. The van der Waals surface area contributed by atoms with Crippen LogP contribution in [0.1, 0.15) is 23.8 Å². The number of aromatic amines is 1. The number of benzene rings is 2. The molecule has 1 amide bonds. The van der Waals surface area contributed by atoms with Gasteiger partial charge in [0.15, 0.2) is 11.4 Å². The van der Waals surface area contributed by atoms with E-state index >= 15 is 0 Å². The number of halogens is 1. The van der Waals surface area contributed by atoms with Gasteiger partial charge in [0.25, 0.3) is 5.56 Å². The van der Waals surface area contributed by atoms with Gasteiger partial charge in [0, 0.05) is 17.3 Å². The summed E-state index contributed by atoms with van der Waals surface area (Å²) in [5.74, 6) is -1.58. The standard InChI is InChI=1S/C20H16FN5O3/c1-2-9-26-20(29)13-6-4-3-5-12(13)17(25-26)19(28)24-23-16-14-8-7-11(21)10-15(14)22-18(16)27/h3-8,10,22,27H,2,9H2,1H3. The number of hydrogen-bond acceptors (Lipinski definition) is 5. The molecular formula is C20H16FN5O3. The highest BCUT2D eigenvalue weighted by molar-refractivity contribution is 6.05. The third kappa shape index (κ3) is 3.27. The van der Waals surface area contributed by atoms with E-state index in [1.54, 1.807) is 24.3 Å². The van der Waals surface area contributed by atoms with Gasteiger partial charge < -0.3 is 10.1 Å². The molecule has 0 bridgehead atoms. The van der Waals surface area contributed by atoms with E-state index in [4.69, 9.17) is 0 Å². The quantitative estimate of drug-likeness (QED) is 0.509. The van der Waals surface area contributed by atoms with Crippen LogP contribution in [0.15, 0.2) is 57.5 Å². The number of aryl methyl sites for hydroxylation is 1. The van der Waals surface area contributed by atoms with E-state index < -0.39 is 11.7 Å². The van der Waals surface area contributed by atoms with E-state index in [0.717, 1.165) is 0 Å². The molecular weight excluding hydrogens is 377 g/mol. The molecule has 8 nitrogen and oxygen atoms in total. The van der Waals surface area contributed by atoms with Gasteiger partial charge in [0.2, 0.25) is 5.88 Å². The number of azo groups is 1. The molecule has 29 heavy (non-hydrogen) atoms. The molecule has 0 aliphatic heterocycles. The predicted octanol–water partition coefficient (Wildman–Crippen LogP) is 4.06. The molecule has 0 atom stereocenters. The predicted molar refractivity (Wildman–Crippen MR) is 105 cm³/mol. The van der Waals surface area contributed by atoms with Gasteiger partial charge in [-0.1, -0.05) is 25.1 Å².